The molecule has 0 aromatic heterocycles. The molecule has 4 nitrogen and oxygen atoms in total. The molecule has 0 aromatic rings. The Kier molecular flexibility index (Phi) is 4.40. The van der Waals surface area contributed by atoms with Crippen LogP contribution in [0.5, 0.6) is 0 Å². The highest BCUT2D eigenvalue weighted by Crippen LogP contribution is 2.23. The third-order valence-electron chi connectivity index (χ3n) is 3.87. The van der Waals surface area contributed by atoms with Crippen molar-refractivity contribution in [1.82, 2.24) is 10.6 Å². The summed E-state index contributed by atoms with van der Waals surface area (Å²) in [4.78, 5) is 11.7. The van der Waals surface area contributed by atoms with Crippen molar-refractivity contribution in [3.8, 4) is 0 Å². The summed E-state index contributed by atoms with van der Waals surface area (Å²) in [5.41, 5.74) is -0.136. The normalized spacial score (nSPS) is 29.7. The first kappa shape index (κ1) is 12.8. The van der Waals surface area contributed by atoms with Gasteiger partial charge in [0.1, 0.15) is 0 Å². The fourth-order valence-corrected chi connectivity index (χ4v) is 2.69. The molecule has 0 radical (unpaired) electrons. The van der Waals surface area contributed by atoms with Crippen LogP contribution >= 0.6 is 0 Å². The molecular formula is C13H24N2O2. The van der Waals surface area contributed by atoms with Gasteiger partial charge in [-0.25, -0.2) is 0 Å². The molecule has 1 unspecified atom stereocenters. The summed E-state index contributed by atoms with van der Waals surface area (Å²) >= 11 is 0. The zero-order valence-corrected chi connectivity index (χ0v) is 10.8. The fourth-order valence-electron chi connectivity index (χ4n) is 2.69. The zero-order valence-electron chi connectivity index (χ0n) is 10.8. The number of ether oxygens (including phenoxy) is 1. The molecule has 0 spiro atoms. The lowest BCUT2D eigenvalue weighted by molar-refractivity contribution is -0.121. The van der Waals surface area contributed by atoms with Crippen LogP contribution in [0.1, 0.15) is 45.4 Å². The molecule has 1 saturated carbocycles. The molecule has 98 valence electrons. The van der Waals surface area contributed by atoms with Crippen molar-refractivity contribution in [2.75, 3.05) is 19.7 Å². The molecule has 4 heteroatoms. The quantitative estimate of drug-likeness (QED) is 0.759. The van der Waals surface area contributed by atoms with E-state index in [0.717, 1.165) is 19.4 Å². The Hall–Kier alpha value is -0.610. The monoisotopic (exact) mass is 240 g/mol. The number of nitrogens with one attached hydrogen (secondary N) is 2. The molecule has 2 fully saturated rings. The second-order valence-electron chi connectivity index (χ2n) is 5.54. The van der Waals surface area contributed by atoms with E-state index in [1.807, 2.05) is 0 Å². The lowest BCUT2D eigenvalue weighted by Crippen LogP contribution is -2.44. The van der Waals surface area contributed by atoms with Crippen molar-refractivity contribution in [2.45, 2.75) is 57.1 Å². The second-order valence-corrected chi connectivity index (χ2v) is 5.54. The Bertz CT molecular complexity index is 256. The van der Waals surface area contributed by atoms with Gasteiger partial charge in [-0.15, -0.1) is 0 Å². The van der Waals surface area contributed by atoms with Gasteiger partial charge in [0.25, 0.3) is 0 Å². The number of hydrogen-bond donors (Lipinski definition) is 2. The molecule has 17 heavy (non-hydrogen) atoms. The van der Waals surface area contributed by atoms with Crippen LogP contribution in [-0.4, -0.2) is 37.2 Å². The van der Waals surface area contributed by atoms with E-state index >= 15 is 0 Å². The van der Waals surface area contributed by atoms with E-state index in [0.29, 0.717) is 19.1 Å². The Morgan fingerprint density at radius 2 is 2.12 bits per heavy atom. The van der Waals surface area contributed by atoms with Gasteiger partial charge in [0, 0.05) is 19.2 Å². The van der Waals surface area contributed by atoms with Gasteiger partial charge < -0.3 is 15.4 Å². The third kappa shape index (κ3) is 3.96. The lowest BCUT2D eigenvalue weighted by Gasteiger charge is -2.23. The summed E-state index contributed by atoms with van der Waals surface area (Å²) in [6.45, 7) is 3.98. The van der Waals surface area contributed by atoms with Gasteiger partial charge in [0.15, 0.2) is 0 Å². The summed E-state index contributed by atoms with van der Waals surface area (Å²) in [5.74, 6) is 0.0913. The Morgan fingerprint density at radius 3 is 2.76 bits per heavy atom. The van der Waals surface area contributed by atoms with Crippen molar-refractivity contribution >= 4 is 5.91 Å². The molecule has 2 rings (SSSR count). The van der Waals surface area contributed by atoms with Crippen LogP contribution in [0.2, 0.25) is 0 Å². The minimum atomic E-state index is -0.136. The number of amides is 1. The Morgan fingerprint density at radius 1 is 1.35 bits per heavy atom. The van der Waals surface area contributed by atoms with Gasteiger partial charge in [-0.1, -0.05) is 12.8 Å². The SMILES string of the molecule is CC1(CNC(=O)CNC2CCCC2)CCCO1. The van der Waals surface area contributed by atoms with Gasteiger partial charge in [0.05, 0.1) is 12.1 Å². The summed E-state index contributed by atoms with van der Waals surface area (Å²) < 4.78 is 5.63. The molecule has 1 heterocycles. The molecule has 0 bridgehead atoms. The molecule has 1 amide bonds. The molecule has 1 atom stereocenters. The zero-order chi connectivity index (χ0) is 12.1. The average molecular weight is 240 g/mol. The first-order chi connectivity index (χ1) is 8.18. The van der Waals surface area contributed by atoms with E-state index in [4.69, 9.17) is 4.74 Å². The van der Waals surface area contributed by atoms with Crippen molar-refractivity contribution in [2.24, 2.45) is 0 Å². The molecule has 1 aliphatic heterocycles. The Balaban J connectivity index is 1.60. The largest absolute Gasteiger partial charge is 0.373 e. The van der Waals surface area contributed by atoms with Crippen molar-refractivity contribution in [1.29, 1.82) is 0 Å². The van der Waals surface area contributed by atoms with Gasteiger partial charge in [0.2, 0.25) is 5.91 Å². The van der Waals surface area contributed by atoms with Crippen LogP contribution in [0.3, 0.4) is 0 Å². The number of rotatable bonds is 5. The maximum Gasteiger partial charge on any atom is 0.234 e. The highest BCUT2D eigenvalue weighted by Gasteiger charge is 2.29. The molecule has 1 aliphatic carbocycles. The van der Waals surface area contributed by atoms with Crippen LogP contribution in [0.4, 0.5) is 0 Å². The third-order valence-corrected chi connectivity index (χ3v) is 3.87. The predicted octanol–water partition coefficient (Wildman–Crippen LogP) is 1.20. The minimum Gasteiger partial charge on any atom is -0.373 e. The Labute approximate surface area is 103 Å². The second kappa shape index (κ2) is 5.83. The van der Waals surface area contributed by atoms with Gasteiger partial charge in [-0.2, -0.15) is 0 Å². The molecule has 2 aliphatic rings. The van der Waals surface area contributed by atoms with E-state index in [9.17, 15) is 4.79 Å². The van der Waals surface area contributed by atoms with E-state index in [1.165, 1.54) is 25.7 Å². The molecule has 1 saturated heterocycles. The van der Waals surface area contributed by atoms with E-state index in [1.54, 1.807) is 0 Å². The first-order valence-electron chi connectivity index (χ1n) is 6.82. The molecule has 2 N–H and O–H groups in total. The average Bonchev–Trinajstić information content (AvgIpc) is 2.95. The smallest absolute Gasteiger partial charge is 0.234 e. The van der Waals surface area contributed by atoms with E-state index in [-0.39, 0.29) is 11.5 Å². The predicted molar refractivity (Wildman–Crippen MR) is 66.9 cm³/mol. The summed E-state index contributed by atoms with van der Waals surface area (Å²) in [5, 5.41) is 6.28. The van der Waals surface area contributed by atoms with Crippen LogP contribution in [-0.2, 0) is 9.53 Å². The van der Waals surface area contributed by atoms with E-state index in [2.05, 4.69) is 17.6 Å². The maximum absolute atomic E-state index is 11.7. The molecular weight excluding hydrogens is 216 g/mol. The van der Waals surface area contributed by atoms with Gasteiger partial charge in [-0.05, 0) is 32.6 Å². The van der Waals surface area contributed by atoms with Crippen LogP contribution in [0.15, 0.2) is 0 Å². The number of carbonyl (C=O) groups excluding carboxylic acids is 1. The van der Waals surface area contributed by atoms with Crippen molar-refractivity contribution in [3.05, 3.63) is 0 Å². The van der Waals surface area contributed by atoms with Crippen LogP contribution in [0.25, 0.3) is 0 Å². The first-order valence-corrected chi connectivity index (χ1v) is 6.82. The fraction of sp³-hybridized carbons (Fsp3) is 0.923. The van der Waals surface area contributed by atoms with Crippen LogP contribution < -0.4 is 10.6 Å². The minimum absolute atomic E-state index is 0.0913. The number of carbonyl (C=O) groups is 1. The standard InChI is InChI=1S/C13H24N2O2/c1-13(7-4-8-17-13)10-15-12(16)9-14-11-5-2-3-6-11/h11,14H,2-10H2,1H3,(H,15,16). The van der Waals surface area contributed by atoms with E-state index < -0.39 is 0 Å². The summed E-state index contributed by atoms with van der Waals surface area (Å²) in [6, 6.07) is 0.555. The highest BCUT2D eigenvalue weighted by atomic mass is 16.5. The van der Waals surface area contributed by atoms with Crippen LogP contribution in [0, 0.1) is 0 Å². The van der Waals surface area contributed by atoms with Crippen molar-refractivity contribution in [3.63, 3.8) is 0 Å². The van der Waals surface area contributed by atoms with Crippen molar-refractivity contribution < 1.29 is 9.53 Å². The lowest BCUT2D eigenvalue weighted by atomic mass is 10.0. The summed E-state index contributed by atoms with van der Waals surface area (Å²) in [6.07, 6.45) is 7.18. The van der Waals surface area contributed by atoms with Gasteiger partial charge >= 0.3 is 0 Å². The molecule has 0 aromatic carbocycles. The topological polar surface area (TPSA) is 50.4 Å². The highest BCUT2D eigenvalue weighted by molar-refractivity contribution is 5.78. The number of hydrogen-bond acceptors (Lipinski definition) is 3. The van der Waals surface area contributed by atoms with Gasteiger partial charge in [-0.3, -0.25) is 4.79 Å². The summed E-state index contributed by atoms with van der Waals surface area (Å²) in [7, 11) is 0. The maximum atomic E-state index is 11.7.